The Morgan fingerprint density at radius 2 is 2.17 bits per heavy atom. The maximum atomic E-state index is 13.4. The van der Waals surface area contributed by atoms with Crippen LogP contribution >= 0.6 is 11.6 Å². The third-order valence-corrected chi connectivity index (χ3v) is 2.90. The van der Waals surface area contributed by atoms with Crippen LogP contribution in [0.1, 0.15) is 5.69 Å². The topological polar surface area (TPSA) is 42.2 Å². The zero-order chi connectivity index (χ0) is 13.1. The number of anilines is 2. The summed E-state index contributed by atoms with van der Waals surface area (Å²) in [5, 5.41) is 0.0301. The van der Waals surface area contributed by atoms with E-state index in [1.807, 2.05) is 30.1 Å². The zero-order valence-corrected chi connectivity index (χ0v) is 10.7. The predicted molar refractivity (Wildman–Crippen MR) is 72.2 cm³/mol. The molecule has 0 bridgehead atoms. The molecule has 2 rings (SSSR count). The van der Waals surface area contributed by atoms with Gasteiger partial charge in [0.2, 0.25) is 0 Å². The first-order valence-corrected chi connectivity index (χ1v) is 5.81. The zero-order valence-electron chi connectivity index (χ0n) is 9.90. The van der Waals surface area contributed by atoms with Crippen molar-refractivity contribution in [3.8, 4) is 0 Å². The first kappa shape index (κ1) is 12.6. The van der Waals surface area contributed by atoms with E-state index in [0.29, 0.717) is 17.9 Å². The van der Waals surface area contributed by atoms with E-state index in [2.05, 4.69) is 4.98 Å². The third-order valence-electron chi connectivity index (χ3n) is 2.61. The van der Waals surface area contributed by atoms with Gasteiger partial charge >= 0.3 is 0 Å². The van der Waals surface area contributed by atoms with Crippen molar-refractivity contribution in [3.63, 3.8) is 0 Å². The summed E-state index contributed by atoms with van der Waals surface area (Å²) in [5.41, 5.74) is 7.76. The van der Waals surface area contributed by atoms with Gasteiger partial charge in [0.15, 0.2) is 0 Å². The van der Waals surface area contributed by atoms with Crippen LogP contribution in [0.25, 0.3) is 0 Å². The number of nitrogen functional groups attached to an aromatic ring is 1. The largest absolute Gasteiger partial charge is 0.397 e. The second kappa shape index (κ2) is 5.23. The number of pyridine rings is 1. The van der Waals surface area contributed by atoms with Crippen molar-refractivity contribution in [1.82, 2.24) is 4.98 Å². The van der Waals surface area contributed by atoms with E-state index in [4.69, 9.17) is 17.3 Å². The van der Waals surface area contributed by atoms with Crippen molar-refractivity contribution >= 4 is 23.0 Å². The van der Waals surface area contributed by atoms with Crippen LogP contribution in [0.5, 0.6) is 0 Å². The molecule has 0 aliphatic rings. The van der Waals surface area contributed by atoms with Crippen LogP contribution < -0.4 is 10.6 Å². The third kappa shape index (κ3) is 2.71. The van der Waals surface area contributed by atoms with Gasteiger partial charge in [-0.3, -0.25) is 4.98 Å². The number of nitrogens with two attached hydrogens (primary N) is 1. The second-order valence-electron chi connectivity index (χ2n) is 4.00. The minimum atomic E-state index is -0.478. The summed E-state index contributed by atoms with van der Waals surface area (Å²) < 4.78 is 13.4. The number of rotatable bonds is 3. The highest BCUT2D eigenvalue weighted by molar-refractivity contribution is 6.31. The molecule has 0 fully saturated rings. The fourth-order valence-corrected chi connectivity index (χ4v) is 1.87. The van der Waals surface area contributed by atoms with E-state index in [1.165, 1.54) is 12.1 Å². The Labute approximate surface area is 110 Å². The van der Waals surface area contributed by atoms with Gasteiger partial charge in [0, 0.05) is 19.3 Å². The van der Waals surface area contributed by atoms with Gasteiger partial charge in [-0.1, -0.05) is 17.7 Å². The minimum Gasteiger partial charge on any atom is -0.397 e. The van der Waals surface area contributed by atoms with Crippen LogP contribution in [0.2, 0.25) is 5.02 Å². The van der Waals surface area contributed by atoms with Crippen molar-refractivity contribution in [1.29, 1.82) is 0 Å². The van der Waals surface area contributed by atoms with Crippen LogP contribution in [0.4, 0.5) is 15.8 Å². The molecule has 0 radical (unpaired) electrons. The van der Waals surface area contributed by atoms with Gasteiger partial charge in [0.25, 0.3) is 0 Å². The summed E-state index contributed by atoms with van der Waals surface area (Å²) in [4.78, 5) is 6.04. The highest BCUT2D eigenvalue weighted by atomic mass is 35.5. The van der Waals surface area contributed by atoms with Crippen molar-refractivity contribution in [2.75, 3.05) is 17.7 Å². The molecule has 2 aromatic rings. The molecule has 2 N–H and O–H groups in total. The minimum absolute atomic E-state index is 0.0301. The Balaban J connectivity index is 2.24. The van der Waals surface area contributed by atoms with Crippen LogP contribution in [0, 0.1) is 5.82 Å². The van der Waals surface area contributed by atoms with E-state index in [9.17, 15) is 4.39 Å². The van der Waals surface area contributed by atoms with E-state index in [0.717, 1.165) is 5.69 Å². The van der Waals surface area contributed by atoms with E-state index < -0.39 is 5.82 Å². The summed E-state index contributed by atoms with van der Waals surface area (Å²) in [6, 6.07) is 8.41. The Hall–Kier alpha value is -1.81. The highest BCUT2D eigenvalue weighted by Crippen LogP contribution is 2.29. The fraction of sp³-hybridized carbons (Fsp3) is 0.154. The maximum absolute atomic E-state index is 13.4. The number of benzene rings is 1. The molecule has 0 atom stereocenters. The van der Waals surface area contributed by atoms with Crippen LogP contribution in [0.15, 0.2) is 36.5 Å². The highest BCUT2D eigenvalue weighted by Gasteiger charge is 2.10. The smallest absolute Gasteiger partial charge is 0.144 e. The molecule has 0 aliphatic carbocycles. The Morgan fingerprint density at radius 1 is 1.39 bits per heavy atom. The Kier molecular flexibility index (Phi) is 3.67. The van der Waals surface area contributed by atoms with Crippen molar-refractivity contribution in [3.05, 3.63) is 53.1 Å². The van der Waals surface area contributed by atoms with Crippen LogP contribution in [-0.2, 0) is 6.54 Å². The maximum Gasteiger partial charge on any atom is 0.144 e. The van der Waals surface area contributed by atoms with Gasteiger partial charge in [0.05, 0.1) is 28.6 Å². The lowest BCUT2D eigenvalue weighted by atomic mass is 10.2. The fourth-order valence-electron chi connectivity index (χ4n) is 1.70. The van der Waals surface area contributed by atoms with Crippen molar-refractivity contribution in [2.45, 2.75) is 6.54 Å². The number of aromatic nitrogens is 1. The molecule has 0 spiro atoms. The van der Waals surface area contributed by atoms with E-state index in [1.54, 1.807) is 6.20 Å². The average molecular weight is 266 g/mol. The lowest BCUT2D eigenvalue weighted by Gasteiger charge is -2.21. The molecule has 0 unspecified atom stereocenters. The normalized spacial score (nSPS) is 10.4. The first-order chi connectivity index (χ1) is 8.58. The second-order valence-corrected chi connectivity index (χ2v) is 4.41. The monoisotopic (exact) mass is 265 g/mol. The molecule has 1 heterocycles. The van der Waals surface area contributed by atoms with Gasteiger partial charge < -0.3 is 10.6 Å². The van der Waals surface area contributed by atoms with Crippen LogP contribution in [0.3, 0.4) is 0 Å². The molecule has 94 valence electrons. The Morgan fingerprint density at radius 3 is 2.83 bits per heavy atom. The molecular formula is C13H13ClFN3. The summed E-state index contributed by atoms with van der Waals surface area (Å²) in [6.07, 6.45) is 1.72. The average Bonchev–Trinajstić information content (AvgIpc) is 2.35. The first-order valence-electron chi connectivity index (χ1n) is 5.43. The summed E-state index contributed by atoms with van der Waals surface area (Å²) in [5.74, 6) is -0.478. The quantitative estimate of drug-likeness (QED) is 0.867. The molecule has 3 nitrogen and oxygen atoms in total. The molecule has 0 saturated carbocycles. The number of halogens is 2. The van der Waals surface area contributed by atoms with E-state index >= 15 is 0 Å². The number of nitrogens with zero attached hydrogens (tertiary/aromatic N) is 2. The number of hydrogen-bond acceptors (Lipinski definition) is 3. The molecule has 1 aromatic carbocycles. The molecular weight excluding hydrogens is 253 g/mol. The van der Waals surface area contributed by atoms with Crippen molar-refractivity contribution in [2.24, 2.45) is 0 Å². The van der Waals surface area contributed by atoms with Gasteiger partial charge in [0.1, 0.15) is 5.82 Å². The molecule has 0 aliphatic heterocycles. The molecule has 1 aromatic heterocycles. The van der Waals surface area contributed by atoms with Gasteiger partial charge in [-0.2, -0.15) is 0 Å². The number of hydrogen-bond donors (Lipinski definition) is 1. The molecule has 0 amide bonds. The summed E-state index contributed by atoms with van der Waals surface area (Å²) in [6.45, 7) is 0.548. The lowest BCUT2D eigenvalue weighted by Crippen LogP contribution is -2.18. The van der Waals surface area contributed by atoms with Crippen molar-refractivity contribution < 1.29 is 4.39 Å². The molecule has 0 saturated heterocycles. The van der Waals surface area contributed by atoms with Crippen LogP contribution in [-0.4, -0.2) is 12.0 Å². The SMILES string of the molecule is CN(Cc1ccccn1)c1cc(F)c(Cl)cc1N. The lowest BCUT2D eigenvalue weighted by molar-refractivity contribution is 0.627. The standard InChI is InChI=1S/C13H13ClFN3/c1-18(8-9-4-2-3-5-17-9)13-7-11(15)10(14)6-12(13)16/h2-7H,8,16H2,1H3. The predicted octanol–water partition coefficient (Wildman–Crippen LogP) is 3.09. The Bertz CT molecular complexity index is 545. The molecule has 5 heteroatoms. The van der Waals surface area contributed by atoms with E-state index in [-0.39, 0.29) is 5.02 Å². The van der Waals surface area contributed by atoms with Gasteiger partial charge in [-0.05, 0) is 18.2 Å². The molecule has 18 heavy (non-hydrogen) atoms. The summed E-state index contributed by atoms with van der Waals surface area (Å²) >= 11 is 5.66. The van der Waals surface area contributed by atoms with Gasteiger partial charge in [-0.25, -0.2) is 4.39 Å². The summed E-state index contributed by atoms with van der Waals surface area (Å²) in [7, 11) is 1.83. The van der Waals surface area contributed by atoms with Gasteiger partial charge in [-0.15, -0.1) is 0 Å².